The third-order valence-corrected chi connectivity index (χ3v) is 7.18. The maximum atomic E-state index is 11.9. The lowest BCUT2D eigenvalue weighted by Gasteiger charge is -2.49. The van der Waals surface area contributed by atoms with E-state index in [0.29, 0.717) is 0 Å². The molecule has 0 aromatic rings. The largest absolute Gasteiger partial charge is 0.726 e. The van der Waals surface area contributed by atoms with E-state index in [0.717, 1.165) is 21.3 Å². The highest BCUT2D eigenvalue weighted by Crippen LogP contribution is 2.36. The number of carbonyl (C=O) groups excluding carboxylic acids is 1. The van der Waals surface area contributed by atoms with Gasteiger partial charge in [-0.25, -0.2) is 25.3 Å². The minimum Gasteiger partial charge on any atom is -0.726 e. The number of hydrogen-bond acceptors (Lipinski definition) is 25. The van der Waals surface area contributed by atoms with Crippen molar-refractivity contribution in [3.8, 4) is 0 Å². The van der Waals surface area contributed by atoms with Gasteiger partial charge in [0, 0.05) is 21.3 Å². The van der Waals surface area contributed by atoms with Gasteiger partial charge in [0.15, 0.2) is 37.1 Å². The summed E-state index contributed by atoms with van der Waals surface area (Å²) < 4.78 is 155. The van der Waals surface area contributed by atoms with Crippen LogP contribution in [-0.2, 0) is 90.5 Å². The molecule has 28 heteroatoms. The van der Waals surface area contributed by atoms with Crippen molar-refractivity contribution in [2.24, 2.45) is 0 Å². The molecule has 2 heterocycles. The first-order valence-corrected chi connectivity index (χ1v) is 15.4. The standard InChI is InChI=1S/C15H26O24S4/c1-28-7-6(5(4-31-41(19,20)21)32-14(30-3)11(7)36-42(22,23)24)33-15-12(37-43(25,26)27)8(29-2)9(35-40-39-38-18)10(34-15)13(16)17/h5-12,14-15,18H,4H2,1-3H3,(H,16,17)(H,19,20,21)(H,22,23,24)(H,25,26,27)/p-5/t5-,6-,7?,8-,9-,10?,11?,12?,14+,15-/m1/s1. The van der Waals surface area contributed by atoms with Crippen molar-refractivity contribution >= 4 is 49.5 Å². The second kappa shape index (κ2) is 16.0. The fourth-order valence-electron chi connectivity index (χ4n) is 3.97. The molecule has 2 saturated heterocycles. The summed E-state index contributed by atoms with van der Waals surface area (Å²) in [4.78, 5) is 11.9. The molecule has 24 nitrogen and oxygen atoms in total. The van der Waals surface area contributed by atoms with Crippen LogP contribution in [0.15, 0.2) is 0 Å². The van der Waals surface area contributed by atoms with Gasteiger partial charge in [0.05, 0.1) is 12.6 Å². The second-order valence-electron chi connectivity index (χ2n) is 7.92. The van der Waals surface area contributed by atoms with Crippen molar-refractivity contribution in [3.05, 3.63) is 0 Å². The van der Waals surface area contributed by atoms with Crippen LogP contribution in [0.25, 0.3) is 0 Å². The van der Waals surface area contributed by atoms with Crippen LogP contribution in [0.5, 0.6) is 0 Å². The minimum atomic E-state index is -5.73. The molecule has 0 spiro atoms. The number of ether oxygens (including phenoxy) is 6. The third kappa shape index (κ3) is 11.4. The van der Waals surface area contributed by atoms with E-state index in [1.54, 1.807) is 0 Å². The van der Waals surface area contributed by atoms with Gasteiger partial charge in [-0.05, 0) is 0 Å². The van der Waals surface area contributed by atoms with E-state index in [2.05, 4.69) is 21.9 Å². The molecule has 0 radical (unpaired) electrons. The van der Waals surface area contributed by atoms with Crippen LogP contribution in [0.3, 0.4) is 0 Å². The van der Waals surface area contributed by atoms with Gasteiger partial charge in [0.1, 0.15) is 36.6 Å². The molecule has 2 aliphatic rings. The Bertz CT molecular complexity index is 1220. The maximum absolute atomic E-state index is 11.9. The molecule has 43 heavy (non-hydrogen) atoms. The predicted octanol–water partition coefficient (Wildman–Crippen LogP) is -6.41. The van der Waals surface area contributed by atoms with Crippen LogP contribution >= 0.6 is 12.3 Å². The summed E-state index contributed by atoms with van der Waals surface area (Å²) in [7, 11) is -14.1. The number of methoxy groups -OCH3 is 3. The van der Waals surface area contributed by atoms with Crippen molar-refractivity contribution in [2.75, 3.05) is 27.9 Å². The van der Waals surface area contributed by atoms with Gasteiger partial charge in [0.25, 0.3) is 0 Å². The van der Waals surface area contributed by atoms with Crippen molar-refractivity contribution in [2.45, 2.75) is 61.4 Å². The Balaban J connectivity index is 2.61. The monoisotopic (exact) mass is 713 g/mol. The summed E-state index contributed by atoms with van der Waals surface area (Å²) in [5, 5.41) is 25.0. The van der Waals surface area contributed by atoms with Crippen LogP contribution in [0.1, 0.15) is 0 Å². The summed E-state index contributed by atoms with van der Waals surface area (Å²) in [6.07, 6.45) is -20.9. The van der Waals surface area contributed by atoms with E-state index in [4.69, 9.17) is 32.6 Å². The van der Waals surface area contributed by atoms with Gasteiger partial charge < -0.3 is 57.2 Å². The van der Waals surface area contributed by atoms with Crippen molar-refractivity contribution < 1.29 is 109 Å². The van der Waals surface area contributed by atoms with E-state index >= 15 is 0 Å². The Kier molecular flexibility index (Phi) is 14.3. The van der Waals surface area contributed by atoms with E-state index in [1.165, 1.54) is 0 Å². The topological polar surface area (TPSA) is 346 Å². The van der Waals surface area contributed by atoms with Gasteiger partial charge in [-0.15, -0.1) is 4.33 Å². The summed E-state index contributed by atoms with van der Waals surface area (Å²) >= 11 is -0.291. The number of aliphatic carboxylic acids is 1. The lowest BCUT2D eigenvalue weighted by molar-refractivity contribution is -0.777. The van der Waals surface area contributed by atoms with Crippen LogP contribution in [0, 0.1) is 0 Å². The fourth-order valence-corrected chi connectivity index (χ4v) is 5.58. The van der Waals surface area contributed by atoms with Gasteiger partial charge in [-0.2, -0.15) is 0 Å². The highest BCUT2D eigenvalue weighted by Gasteiger charge is 2.55. The van der Waals surface area contributed by atoms with Gasteiger partial charge in [0.2, 0.25) is 31.2 Å². The van der Waals surface area contributed by atoms with Crippen LogP contribution in [0.2, 0.25) is 0 Å². The Hall–Kier alpha value is -0.970. The molecule has 0 aliphatic carbocycles. The van der Waals surface area contributed by atoms with Crippen LogP contribution in [0.4, 0.5) is 0 Å². The zero-order valence-electron chi connectivity index (χ0n) is 21.4. The molecule has 0 N–H and O–H groups in total. The quantitative estimate of drug-likeness (QED) is 0.0337. The molecular formula is C15H21O24S4-5. The van der Waals surface area contributed by atoms with Crippen LogP contribution < -0.4 is 10.4 Å². The van der Waals surface area contributed by atoms with E-state index in [1.807, 2.05) is 0 Å². The molecule has 254 valence electrons. The Labute approximate surface area is 247 Å². The van der Waals surface area contributed by atoms with Gasteiger partial charge >= 0.3 is 0 Å². The van der Waals surface area contributed by atoms with Crippen LogP contribution in [-0.4, -0.2) is 134 Å². The summed E-state index contributed by atoms with van der Waals surface area (Å²) in [5.74, 6) is -2.11. The first kappa shape index (κ1) is 38.2. The molecule has 0 aromatic carbocycles. The SMILES string of the molecule is COC1C(OS(=O)(=O)[O-])[C@@H](OC)O[C@H](COS(=O)(=O)[O-])[C@H]1O[C@@H]1OC(C(=O)[O-])[C@H](OSOO[O-])[C@@H](OC)C1OS(=O)(=O)[O-]. The number of carboxylic acid groups (broad SMARTS) is 1. The van der Waals surface area contributed by atoms with E-state index < -0.39 is 105 Å². The Morgan fingerprint density at radius 2 is 1.28 bits per heavy atom. The molecule has 2 aliphatic heterocycles. The lowest BCUT2D eigenvalue weighted by Crippen LogP contribution is -2.67. The zero-order chi connectivity index (χ0) is 32.8. The molecule has 2 fully saturated rings. The average molecular weight is 714 g/mol. The molecule has 0 amide bonds. The van der Waals surface area contributed by atoms with Gasteiger partial charge in [-0.1, -0.05) is 0 Å². The average Bonchev–Trinajstić information content (AvgIpc) is 2.87. The maximum Gasteiger partial charge on any atom is 0.218 e. The highest BCUT2D eigenvalue weighted by atomic mass is 32.3. The minimum absolute atomic E-state index is 0.291. The molecule has 0 aromatic heterocycles. The number of hydrogen-bond donors (Lipinski definition) is 0. The molecule has 4 unspecified atom stereocenters. The lowest BCUT2D eigenvalue weighted by atomic mass is 9.96. The highest BCUT2D eigenvalue weighted by molar-refractivity contribution is 7.89. The smallest absolute Gasteiger partial charge is 0.218 e. The molecule has 0 saturated carbocycles. The number of rotatable bonds is 17. The second-order valence-corrected chi connectivity index (χ2v) is 11.5. The van der Waals surface area contributed by atoms with E-state index in [-0.39, 0.29) is 12.3 Å². The zero-order valence-corrected chi connectivity index (χ0v) is 24.7. The first-order valence-electron chi connectivity index (χ1n) is 10.8. The summed E-state index contributed by atoms with van der Waals surface area (Å²) in [6.45, 7) is -1.25. The third-order valence-electron chi connectivity index (χ3n) is 5.43. The van der Waals surface area contributed by atoms with Crippen molar-refractivity contribution in [3.63, 3.8) is 0 Å². The molecular weight excluding hydrogens is 692 g/mol. The molecule has 0 bridgehead atoms. The predicted molar refractivity (Wildman–Crippen MR) is 115 cm³/mol. The Morgan fingerprint density at radius 1 is 0.744 bits per heavy atom. The fraction of sp³-hybridized carbons (Fsp3) is 0.933. The number of carboxylic acids is 1. The Morgan fingerprint density at radius 3 is 1.72 bits per heavy atom. The van der Waals surface area contributed by atoms with E-state index in [9.17, 15) is 54.1 Å². The first-order chi connectivity index (χ1) is 19.9. The van der Waals surface area contributed by atoms with Crippen molar-refractivity contribution in [1.82, 2.24) is 0 Å². The summed E-state index contributed by atoms with van der Waals surface area (Å²) in [6, 6.07) is 0. The molecule has 10 atom stereocenters. The van der Waals surface area contributed by atoms with Crippen molar-refractivity contribution in [1.29, 1.82) is 0 Å². The normalized spacial score (nSPS) is 34.2. The number of carbonyl (C=O) groups is 1. The summed E-state index contributed by atoms with van der Waals surface area (Å²) in [5.41, 5.74) is 0. The van der Waals surface area contributed by atoms with Gasteiger partial charge in [-0.3, -0.25) is 21.8 Å². The molecule has 2 rings (SSSR count).